The average molecular weight is 329 g/mol. The van der Waals surface area contributed by atoms with Crippen molar-refractivity contribution in [3.05, 3.63) is 34.9 Å². The second-order valence-corrected chi connectivity index (χ2v) is 7.61. The van der Waals surface area contributed by atoms with Crippen molar-refractivity contribution in [2.24, 2.45) is 11.8 Å². The minimum Gasteiger partial charge on any atom is -0.481 e. The predicted molar refractivity (Wildman–Crippen MR) is 92.8 cm³/mol. The van der Waals surface area contributed by atoms with Gasteiger partial charge in [-0.3, -0.25) is 9.59 Å². The standard InChI is InChI=1S/C20H27NO3/c1-12(2)14-7-6-13-8-9-18(17(13)11-14)21-19(22)15-4-3-5-16(10-15)20(23)24/h6-7,11-12,15-16,18H,3-5,8-10H2,1-2H3,(H,21,22)(H,23,24). The summed E-state index contributed by atoms with van der Waals surface area (Å²) in [7, 11) is 0. The number of rotatable bonds is 4. The Labute approximate surface area is 143 Å². The highest BCUT2D eigenvalue weighted by Crippen LogP contribution is 2.35. The van der Waals surface area contributed by atoms with Crippen LogP contribution >= 0.6 is 0 Å². The molecular formula is C20H27NO3. The summed E-state index contributed by atoms with van der Waals surface area (Å²) in [5.41, 5.74) is 3.88. The summed E-state index contributed by atoms with van der Waals surface area (Å²) in [4.78, 5) is 23.8. The lowest BCUT2D eigenvalue weighted by Gasteiger charge is -2.27. The van der Waals surface area contributed by atoms with E-state index < -0.39 is 5.97 Å². The third-order valence-corrected chi connectivity index (χ3v) is 5.63. The van der Waals surface area contributed by atoms with Crippen molar-refractivity contribution in [1.29, 1.82) is 0 Å². The maximum absolute atomic E-state index is 12.6. The third-order valence-electron chi connectivity index (χ3n) is 5.63. The lowest BCUT2D eigenvalue weighted by Crippen LogP contribution is -2.37. The highest BCUT2D eigenvalue weighted by Gasteiger charge is 2.33. The molecule has 1 fully saturated rings. The van der Waals surface area contributed by atoms with Gasteiger partial charge in [-0.25, -0.2) is 0 Å². The largest absolute Gasteiger partial charge is 0.481 e. The molecule has 2 aliphatic rings. The molecule has 1 aromatic rings. The average Bonchev–Trinajstić information content (AvgIpc) is 2.97. The van der Waals surface area contributed by atoms with Gasteiger partial charge in [-0.15, -0.1) is 0 Å². The maximum atomic E-state index is 12.6. The van der Waals surface area contributed by atoms with Crippen molar-refractivity contribution >= 4 is 11.9 Å². The molecule has 0 radical (unpaired) electrons. The van der Waals surface area contributed by atoms with E-state index in [0.29, 0.717) is 18.8 Å². The number of hydrogen-bond donors (Lipinski definition) is 2. The van der Waals surface area contributed by atoms with E-state index in [-0.39, 0.29) is 23.8 Å². The molecule has 0 bridgehead atoms. The van der Waals surface area contributed by atoms with E-state index in [9.17, 15) is 14.7 Å². The summed E-state index contributed by atoms with van der Waals surface area (Å²) in [5, 5.41) is 12.4. The molecule has 2 aliphatic carbocycles. The molecule has 3 atom stereocenters. The number of fused-ring (bicyclic) bond motifs is 1. The fourth-order valence-corrected chi connectivity index (χ4v) is 4.07. The van der Waals surface area contributed by atoms with Crippen LogP contribution in [0.1, 0.15) is 74.6 Å². The van der Waals surface area contributed by atoms with E-state index in [4.69, 9.17) is 0 Å². The van der Waals surface area contributed by atoms with Crippen molar-refractivity contribution in [2.45, 2.75) is 64.3 Å². The summed E-state index contributed by atoms with van der Waals surface area (Å²) in [5.74, 6) is -0.772. The summed E-state index contributed by atoms with van der Waals surface area (Å²) < 4.78 is 0. The van der Waals surface area contributed by atoms with Crippen LogP contribution in [0, 0.1) is 11.8 Å². The SMILES string of the molecule is CC(C)c1ccc2c(c1)C(NC(=O)C1CCCC(C(=O)O)C1)CC2. The van der Waals surface area contributed by atoms with Gasteiger partial charge in [0.05, 0.1) is 12.0 Å². The second-order valence-electron chi connectivity index (χ2n) is 7.61. The molecule has 1 amide bonds. The zero-order valence-electron chi connectivity index (χ0n) is 14.5. The zero-order valence-corrected chi connectivity index (χ0v) is 14.5. The van der Waals surface area contributed by atoms with Crippen molar-refractivity contribution in [3.63, 3.8) is 0 Å². The van der Waals surface area contributed by atoms with Gasteiger partial charge >= 0.3 is 5.97 Å². The van der Waals surface area contributed by atoms with Gasteiger partial charge in [-0.05, 0) is 54.7 Å². The van der Waals surface area contributed by atoms with Crippen molar-refractivity contribution in [2.75, 3.05) is 0 Å². The Bertz CT molecular complexity index is 638. The van der Waals surface area contributed by atoms with Crippen LogP contribution in [0.4, 0.5) is 0 Å². The topological polar surface area (TPSA) is 66.4 Å². The van der Waals surface area contributed by atoms with Gasteiger partial charge in [0.2, 0.25) is 5.91 Å². The predicted octanol–water partition coefficient (Wildman–Crippen LogP) is 3.80. The first-order valence-electron chi connectivity index (χ1n) is 9.11. The Hall–Kier alpha value is -1.84. The van der Waals surface area contributed by atoms with Crippen LogP contribution in [0.2, 0.25) is 0 Å². The number of hydrogen-bond acceptors (Lipinski definition) is 2. The number of aliphatic carboxylic acids is 1. The Morgan fingerprint density at radius 1 is 1.17 bits per heavy atom. The Morgan fingerprint density at radius 3 is 2.62 bits per heavy atom. The Balaban J connectivity index is 1.68. The summed E-state index contributed by atoms with van der Waals surface area (Å²) in [6.07, 6.45) is 4.75. The number of carbonyl (C=O) groups excluding carboxylic acids is 1. The molecule has 3 rings (SSSR count). The molecular weight excluding hydrogens is 302 g/mol. The molecule has 0 saturated heterocycles. The second kappa shape index (κ2) is 6.96. The molecule has 4 heteroatoms. The molecule has 1 aromatic carbocycles. The quantitative estimate of drug-likeness (QED) is 0.883. The van der Waals surface area contributed by atoms with E-state index >= 15 is 0 Å². The molecule has 3 unspecified atom stereocenters. The number of amides is 1. The van der Waals surface area contributed by atoms with Crippen LogP contribution in [0.3, 0.4) is 0 Å². The molecule has 0 spiro atoms. The van der Waals surface area contributed by atoms with Gasteiger partial charge in [-0.2, -0.15) is 0 Å². The lowest BCUT2D eigenvalue weighted by molar-refractivity contribution is -0.144. The molecule has 130 valence electrons. The molecule has 2 N–H and O–H groups in total. The molecule has 1 saturated carbocycles. The zero-order chi connectivity index (χ0) is 17.3. The van der Waals surface area contributed by atoms with Gasteiger partial charge in [0.15, 0.2) is 0 Å². The van der Waals surface area contributed by atoms with Crippen molar-refractivity contribution in [1.82, 2.24) is 5.32 Å². The first-order valence-corrected chi connectivity index (χ1v) is 9.11. The molecule has 0 heterocycles. The van der Waals surface area contributed by atoms with Crippen LogP contribution in [0.25, 0.3) is 0 Å². The highest BCUT2D eigenvalue weighted by molar-refractivity contribution is 5.80. The van der Waals surface area contributed by atoms with E-state index in [1.807, 2.05) is 0 Å². The number of aryl methyl sites for hydroxylation is 1. The van der Waals surface area contributed by atoms with Crippen molar-refractivity contribution in [3.8, 4) is 0 Å². The van der Waals surface area contributed by atoms with E-state index in [1.54, 1.807) is 0 Å². The molecule has 4 nitrogen and oxygen atoms in total. The smallest absolute Gasteiger partial charge is 0.306 e. The fraction of sp³-hybridized carbons (Fsp3) is 0.600. The number of carboxylic acid groups (broad SMARTS) is 1. The minimum atomic E-state index is -0.764. The van der Waals surface area contributed by atoms with E-state index in [0.717, 1.165) is 25.7 Å². The Morgan fingerprint density at radius 2 is 1.92 bits per heavy atom. The number of carbonyl (C=O) groups is 2. The minimum absolute atomic E-state index is 0.0359. The molecule has 24 heavy (non-hydrogen) atoms. The van der Waals surface area contributed by atoms with Gasteiger partial charge < -0.3 is 10.4 Å². The number of carboxylic acids is 1. The van der Waals surface area contributed by atoms with Gasteiger partial charge in [0, 0.05) is 5.92 Å². The summed E-state index contributed by atoms with van der Waals surface area (Å²) in [6.45, 7) is 4.36. The normalized spacial score (nSPS) is 26.2. The third kappa shape index (κ3) is 3.47. The van der Waals surface area contributed by atoms with Gasteiger partial charge in [0.25, 0.3) is 0 Å². The summed E-state index contributed by atoms with van der Waals surface area (Å²) >= 11 is 0. The van der Waals surface area contributed by atoms with Crippen LogP contribution in [0.15, 0.2) is 18.2 Å². The van der Waals surface area contributed by atoms with Gasteiger partial charge in [-0.1, -0.05) is 38.5 Å². The fourth-order valence-electron chi connectivity index (χ4n) is 4.07. The highest BCUT2D eigenvalue weighted by atomic mass is 16.4. The van der Waals surface area contributed by atoms with Crippen LogP contribution in [-0.2, 0) is 16.0 Å². The maximum Gasteiger partial charge on any atom is 0.306 e. The van der Waals surface area contributed by atoms with E-state index in [1.165, 1.54) is 16.7 Å². The van der Waals surface area contributed by atoms with E-state index in [2.05, 4.69) is 37.4 Å². The van der Waals surface area contributed by atoms with Gasteiger partial charge in [0.1, 0.15) is 0 Å². The van der Waals surface area contributed by atoms with Crippen molar-refractivity contribution < 1.29 is 14.7 Å². The Kier molecular flexibility index (Phi) is 4.93. The molecule has 0 aliphatic heterocycles. The molecule has 0 aromatic heterocycles. The lowest BCUT2D eigenvalue weighted by atomic mass is 9.81. The van der Waals surface area contributed by atoms with Crippen LogP contribution in [0.5, 0.6) is 0 Å². The number of nitrogens with one attached hydrogen (secondary N) is 1. The van der Waals surface area contributed by atoms with Crippen LogP contribution < -0.4 is 5.32 Å². The number of benzene rings is 1. The first-order chi connectivity index (χ1) is 11.5. The first kappa shape index (κ1) is 17.0. The summed E-state index contributed by atoms with van der Waals surface area (Å²) in [6, 6.07) is 6.69. The van der Waals surface area contributed by atoms with Crippen LogP contribution in [-0.4, -0.2) is 17.0 Å². The monoisotopic (exact) mass is 329 g/mol.